The third-order valence-corrected chi connectivity index (χ3v) is 7.14. The van der Waals surface area contributed by atoms with Crippen molar-refractivity contribution in [3.63, 3.8) is 0 Å². The first-order chi connectivity index (χ1) is 15.9. The van der Waals surface area contributed by atoms with Gasteiger partial charge in [-0.2, -0.15) is 0 Å². The van der Waals surface area contributed by atoms with Gasteiger partial charge in [0.1, 0.15) is 0 Å². The summed E-state index contributed by atoms with van der Waals surface area (Å²) < 4.78 is 0. The lowest BCUT2D eigenvalue weighted by molar-refractivity contribution is 0.441. The van der Waals surface area contributed by atoms with E-state index in [0.717, 1.165) is 0 Å². The molecule has 0 aromatic heterocycles. The van der Waals surface area contributed by atoms with E-state index < -0.39 is 0 Å². The molecule has 0 radical (unpaired) electrons. The summed E-state index contributed by atoms with van der Waals surface area (Å²) >= 11 is 0. The van der Waals surface area contributed by atoms with Gasteiger partial charge in [0.15, 0.2) is 0 Å². The van der Waals surface area contributed by atoms with E-state index >= 15 is 0 Å². The van der Waals surface area contributed by atoms with Crippen molar-refractivity contribution < 1.29 is 0 Å². The maximum atomic E-state index is 2.38. The molecule has 32 heavy (non-hydrogen) atoms. The Morgan fingerprint density at radius 3 is 1.22 bits per heavy atom. The lowest BCUT2D eigenvalue weighted by Crippen LogP contribution is -2.23. The molecule has 154 valence electrons. The summed E-state index contributed by atoms with van der Waals surface area (Å²) in [5.41, 5.74) is 2.88. The van der Waals surface area contributed by atoms with Crippen molar-refractivity contribution in [3.05, 3.63) is 145 Å². The van der Waals surface area contributed by atoms with E-state index in [2.05, 4.69) is 134 Å². The number of hydrogen-bond donors (Lipinski definition) is 0. The smallest absolute Gasteiger partial charge is 0.00280 e. The summed E-state index contributed by atoms with van der Waals surface area (Å²) in [6, 6.07) is 31.3. The summed E-state index contributed by atoms with van der Waals surface area (Å²) in [6.07, 6.45) is 18.4. The van der Waals surface area contributed by atoms with Crippen molar-refractivity contribution in [1.82, 2.24) is 0 Å². The summed E-state index contributed by atoms with van der Waals surface area (Å²) in [5, 5.41) is 5.36. The normalized spacial score (nSPS) is 17.6. The minimum absolute atomic E-state index is 0.333. The van der Waals surface area contributed by atoms with E-state index in [1.54, 1.807) is 0 Å². The van der Waals surface area contributed by atoms with Crippen LogP contribution in [0.1, 0.15) is 23.0 Å². The monoisotopic (exact) mass is 410 g/mol. The molecule has 4 aromatic carbocycles. The first-order valence-electron chi connectivity index (χ1n) is 11.6. The van der Waals surface area contributed by atoms with Gasteiger partial charge >= 0.3 is 0 Å². The number of rotatable bonds is 5. The van der Waals surface area contributed by atoms with Gasteiger partial charge in [-0.15, -0.1) is 0 Å². The fourth-order valence-electron chi connectivity index (χ4n) is 5.74. The molecule has 0 spiro atoms. The average molecular weight is 411 g/mol. The molecule has 2 atom stereocenters. The van der Waals surface area contributed by atoms with Gasteiger partial charge in [-0.3, -0.25) is 0 Å². The van der Waals surface area contributed by atoms with Gasteiger partial charge in [-0.1, -0.05) is 134 Å². The molecular weight excluding hydrogens is 384 g/mol. The third kappa shape index (κ3) is 3.24. The maximum Gasteiger partial charge on any atom is 0.00280 e. The van der Waals surface area contributed by atoms with Crippen LogP contribution in [0, 0.1) is 11.8 Å². The fraction of sp³-hybridized carbons (Fsp3) is 0.125. The zero-order chi connectivity index (χ0) is 21.3. The van der Waals surface area contributed by atoms with Crippen molar-refractivity contribution >= 4 is 21.5 Å². The molecule has 4 aromatic rings. The Bertz CT molecular complexity index is 1250. The van der Waals surface area contributed by atoms with Gasteiger partial charge in [0, 0.05) is 23.7 Å². The molecule has 0 nitrogen and oxygen atoms in total. The Hall–Kier alpha value is -3.64. The third-order valence-electron chi connectivity index (χ3n) is 7.14. The second-order valence-electron chi connectivity index (χ2n) is 8.88. The van der Waals surface area contributed by atoms with Gasteiger partial charge in [-0.25, -0.2) is 0 Å². The second kappa shape index (κ2) is 8.13. The quantitative estimate of drug-likeness (QED) is 0.310. The summed E-state index contributed by atoms with van der Waals surface area (Å²) in [4.78, 5) is 0. The molecule has 0 heterocycles. The standard InChI is InChI=1S/C32H26/c1-2-14-25(13-1)31(29-21-9-17-23-11-5-7-19-27(23)29)32(26-15-3-4-16-26)30-22-10-18-24-12-6-8-20-28(24)30/h1-22,25-26,31-32H/t31-,32+. The first kappa shape index (κ1) is 19.1. The van der Waals surface area contributed by atoms with Crippen LogP contribution in [-0.2, 0) is 0 Å². The molecule has 0 unspecified atom stereocenters. The summed E-state index contributed by atoms with van der Waals surface area (Å²) in [7, 11) is 0. The van der Waals surface area contributed by atoms with E-state index in [-0.39, 0.29) is 0 Å². The van der Waals surface area contributed by atoms with E-state index in [0.29, 0.717) is 23.7 Å². The zero-order valence-electron chi connectivity index (χ0n) is 18.0. The minimum Gasteiger partial charge on any atom is -0.0770 e. The summed E-state index contributed by atoms with van der Waals surface area (Å²) in [5.74, 6) is 1.40. The van der Waals surface area contributed by atoms with E-state index in [4.69, 9.17) is 0 Å². The van der Waals surface area contributed by atoms with Crippen LogP contribution in [0.15, 0.2) is 134 Å². The molecule has 0 bridgehead atoms. The number of benzene rings is 4. The summed E-state index contributed by atoms with van der Waals surface area (Å²) in [6.45, 7) is 0. The highest BCUT2D eigenvalue weighted by molar-refractivity contribution is 5.88. The van der Waals surface area contributed by atoms with Gasteiger partial charge in [-0.05, 0) is 32.7 Å². The molecule has 2 aliphatic carbocycles. The highest BCUT2D eigenvalue weighted by Gasteiger charge is 2.36. The molecule has 0 heteroatoms. The highest BCUT2D eigenvalue weighted by Crippen LogP contribution is 2.49. The Labute approximate surface area is 189 Å². The molecule has 0 N–H and O–H groups in total. The molecule has 2 aliphatic rings. The fourth-order valence-corrected chi connectivity index (χ4v) is 5.74. The van der Waals surface area contributed by atoms with Crippen LogP contribution < -0.4 is 0 Å². The Morgan fingerprint density at radius 1 is 0.406 bits per heavy atom. The Balaban J connectivity index is 1.63. The van der Waals surface area contributed by atoms with Crippen molar-refractivity contribution in [2.75, 3.05) is 0 Å². The predicted molar refractivity (Wildman–Crippen MR) is 137 cm³/mol. The van der Waals surface area contributed by atoms with Gasteiger partial charge in [0.2, 0.25) is 0 Å². The zero-order valence-corrected chi connectivity index (χ0v) is 18.0. The Morgan fingerprint density at radius 2 is 0.781 bits per heavy atom. The van der Waals surface area contributed by atoms with Gasteiger partial charge < -0.3 is 0 Å². The van der Waals surface area contributed by atoms with Gasteiger partial charge in [0.05, 0.1) is 0 Å². The van der Waals surface area contributed by atoms with E-state index in [9.17, 15) is 0 Å². The highest BCUT2D eigenvalue weighted by atomic mass is 14.4. The Kier molecular flexibility index (Phi) is 4.85. The second-order valence-corrected chi connectivity index (χ2v) is 8.88. The maximum absolute atomic E-state index is 2.38. The molecule has 0 aliphatic heterocycles. The van der Waals surface area contributed by atoms with Crippen LogP contribution >= 0.6 is 0 Å². The van der Waals surface area contributed by atoms with Crippen molar-refractivity contribution in [2.24, 2.45) is 11.8 Å². The van der Waals surface area contributed by atoms with Gasteiger partial charge in [0.25, 0.3) is 0 Å². The minimum atomic E-state index is 0.333. The molecule has 0 saturated carbocycles. The van der Waals surface area contributed by atoms with Crippen LogP contribution in [0.5, 0.6) is 0 Å². The molecule has 6 rings (SSSR count). The lowest BCUT2D eigenvalue weighted by atomic mass is 9.67. The van der Waals surface area contributed by atoms with Crippen LogP contribution in [0.25, 0.3) is 21.5 Å². The van der Waals surface area contributed by atoms with Crippen LogP contribution in [0.3, 0.4) is 0 Å². The number of allylic oxidation sites excluding steroid dienone is 8. The molecule has 0 saturated heterocycles. The SMILES string of the molecule is C1=CC([C@@H](c2cccc3ccccc23)[C@@H](c2cccc3ccccc23)C2C=CC=C2)C=C1. The predicted octanol–water partition coefficient (Wildman–Crippen LogP) is 8.34. The van der Waals surface area contributed by atoms with Crippen molar-refractivity contribution in [3.8, 4) is 0 Å². The van der Waals surface area contributed by atoms with Crippen LogP contribution in [-0.4, -0.2) is 0 Å². The average Bonchev–Trinajstić information content (AvgIpc) is 3.57. The topological polar surface area (TPSA) is 0 Å². The number of fused-ring (bicyclic) bond motifs is 2. The largest absolute Gasteiger partial charge is 0.0770 e. The molecular formula is C32H26. The lowest BCUT2D eigenvalue weighted by Gasteiger charge is -2.35. The van der Waals surface area contributed by atoms with Crippen molar-refractivity contribution in [1.29, 1.82) is 0 Å². The van der Waals surface area contributed by atoms with E-state index in [1.165, 1.54) is 32.7 Å². The first-order valence-corrected chi connectivity index (χ1v) is 11.6. The number of hydrogen-bond acceptors (Lipinski definition) is 0. The van der Waals surface area contributed by atoms with E-state index in [1.807, 2.05) is 0 Å². The van der Waals surface area contributed by atoms with Crippen LogP contribution in [0.4, 0.5) is 0 Å². The molecule has 0 amide bonds. The van der Waals surface area contributed by atoms with Crippen molar-refractivity contribution in [2.45, 2.75) is 11.8 Å². The molecule has 0 fully saturated rings. The van der Waals surface area contributed by atoms with Crippen LogP contribution in [0.2, 0.25) is 0 Å².